The summed E-state index contributed by atoms with van der Waals surface area (Å²) in [5.74, 6) is 9.90. The van der Waals surface area contributed by atoms with E-state index in [0.29, 0.717) is 42.9 Å². The van der Waals surface area contributed by atoms with Crippen molar-refractivity contribution in [2.45, 2.75) is 130 Å². The van der Waals surface area contributed by atoms with Crippen LogP contribution in [0, 0.1) is 27.7 Å². The minimum atomic E-state index is 0.323. The zero-order valence-corrected chi connectivity index (χ0v) is 54.5. The Balaban J connectivity index is 0.0000000923. The number of aryl methyl sites for hydroxylation is 4. The summed E-state index contributed by atoms with van der Waals surface area (Å²) in [4.78, 5) is 68.1. The summed E-state index contributed by atoms with van der Waals surface area (Å²) < 4.78 is 0. The molecule has 0 radical (unpaired) electrons. The van der Waals surface area contributed by atoms with E-state index < -0.39 is 0 Å². The van der Waals surface area contributed by atoms with E-state index in [9.17, 15) is 0 Å². The van der Waals surface area contributed by atoms with E-state index in [1.807, 2.05) is 0 Å². The molecule has 5 unspecified atom stereocenters. The third kappa shape index (κ3) is 9.29. The number of anilines is 15. The normalized spacial score (nSPS) is 19.6. The van der Waals surface area contributed by atoms with Gasteiger partial charge in [-0.05, 0) is 136 Å². The van der Waals surface area contributed by atoms with E-state index in [-0.39, 0.29) is 0 Å². The van der Waals surface area contributed by atoms with Gasteiger partial charge in [0.05, 0.1) is 0 Å². The predicted octanol–water partition coefficient (Wildman–Crippen LogP) is 12.5. The van der Waals surface area contributed by atoms with Gasteiger partial charge in [-0.3, -0.25) is 0 Å². The largest absolute Gasteiger partial charge is 0.335 e. The molecular formula is C73H76N20. The monoisotopic (exact) mass is 1230 g/mol. The Morgan fingerprint density at radius 3 is 0.828 bits per heavy atom. The first-order valence-electron chi connectivity index (χ1n) is 32.4. The lowest BCUT2D eigenvalue weighted by Gasteiger charge is -2.30. The van der Waals surface area contributed by atoms with Crippen LogP contribution in [0.3, 0.4) is 0 Å². The van der Waals surface area contributed by atoms with Crippen molar-refractivity contribution in [1.29, 1.82) is 0 Å². The summed E-state index contributed by atoms with van der Waals surface area (Å²) >= 11 is 0. The maximum atomic E-state index is 4.58. The molecule has 5 aromatic carbocycles. The van der Waals surface area contributed by atoms with Gasteiger partial charge >= 0.3 is 0 Å². The topological polar surface area (TPSA) is 161 Å². The Bertz CT molecular complexity index is 4320. The van der Waals surface area contributed by atoms with Gasteiger partial charge in [0.1, 0.15) is 30.8 Å². The molecule has 20 rings (SSSR count). The summed E-state index contributed by atoms with van der Waals surface area (Å²) in [6.45, 7) is 17.4. The van der Waals surface area contributed by atoms with Crippen molar-refractivity contribution >= 4 is 86.6 Å². The summed E-state index contributed by atoms with van der Waals surface area (Å²) in [5.41, 5.74) is 18.6. The molecule has 0 fully saturated rings. The Morgan fingerprint density at radius 2 is 0.516 bits per heavy atom. The Labute approximate surface area is 543 Å². The highest BCUT2D eigenvalue weighted by molar-refractivity contribution is 5.87. The van der Waals surface area contributed by atoms with Crippen molar-refractivity contribution in [3.8, 4) is 0 Å². The molecule has 15 heterocycles. The average molecular weight is 1230 g/mol. The summed E-state index contributed by atoms with van der Waals surface area (Å²) in [6.07, 6.45) is 24.5. The molecule has 5 aromatic heterocycles. The van der Waals surface area contributed by atoms with Gasteiger partial charge in [0.15, 0.2) is 58.2 Å². The number of hydrogen-bond acceptors (Lipinski definition) is 20. The van der Waals surface area contributed by atoms with E-state index in [1.165, 1.54) is 78.5 Å². The molecule has 20 nitrogen and oxygen atoms in total. The zero-order valence-electron chi connectivity index (χ0n) is 54.5. The zero-order chi connectivity index (χ0) is 63.7. The third-order valence-corrected chi connectivity index (χ3v) is 19.8. The minimum absolute atomic E-state index is 0.323. The lowest BCUT2D eigenvalue weighted by Crippen LogP contribution is -2.43. The van der Waals surface area contributed by atoms with Gasteiger partial charge in [0.2, 0.25) is 0 Å². The first-order chi connectivity index (χ1) is 45.2. The number of benzene rings is 5. The van der Waals surface area contributed by atoms with Gasteiger partial charge in [-0.15, -0.1) is 0 Å². The molecule has 0 spiro atoms. The molecule has 20 heteroatoms. The van der Waals surface area contributed by atoms with Crippen molar-refractivity contribution in [3.05, 3.63) is 209 Å². The van der Waals surface area contributed by atoms with Gasteiger partial charge in [0.25, 0.3) is 0 Å². The Kier molecular flexibility index (Phi) is 13.9. The lowest BCUT2D eigenvalue weighted by molar-refractivity contribution is 0.584. The minimum Gasteiger partial charge on any atom is -0.335 e. The van der Waals surface area contributed by atoms with Crippen LogP contribution in [0.25, 0.3) is 0 Å². The molecule has 0 bridgehead atoms. The summed E-state index contributed by atoms with van der Waals surface area (Å²) in [7, 11) is 6.28. The molecule has 0 aliphatic carbocycles. The molecule has 93 heavy (non-hydrogen) atoms. The van der Waals surface area contributed by atoms with E-state index >= 15 is 0 Å². The lowest BCUT2D eigenvalue weighted by atomic mass is 10.1. The Hall–Kier alpha value is -10.5. The van der Waals surface area contributed by atoms with Gasteiger partial charge in [0, 0.05) is 156 Å². The molecule has 10 aromatic rings. The molecule has 0 saturated heterocycles. The van der Waals surface area contributed by atoms with Crippen molar-refractivity contribution < 1.29 is 0 Å². The molecule has 468 valence electrons. The van der Waals surface area contributed by atoms with Crippen LogP contribution in [0.4, 0.5) is 86.6 Å². The molecule has 0 saturated carbocycles. The van der Waals surface area contributed by atoms with Crippen molar-refractivity contribution in [3.63, 3.8) is 0 Å². The van der Waals surface area contributed by atoms with Gasteiger partial charge in [-0.25, -0.2) is 49.8 Å². The van der Waals surface area contributed by atoms with Crippen LogP contribution < -0.4 is 49.0 Å². The van der Waals surface area contributed by atoms with Crippen LogP contribution >= 0.6 is 0 Å². The number of hydrogen-bond donors (Lipinski definition) is 0. The summed E-state index contributed by atoms with van der Waals surface area (Å²) in [5, 5.41) is 0. The quantitative estimate of drug-likeness (QED) is 0.161. The molecule has 10 aliphatic rings. The summed E-state index contributed by atoms with van der Waals surface area (Å²) in [6, 6.07) is 36.1. The standard InChI is InChI=1S/2C16H18N4.2C14H14N4.C13H12N4/c2*1-10(2)19-14-9-12-5-4-11(3)8-13(12)20(14)16-15(19)17-6-7-18-16;2*1-9-3-4-10-8-12-17(2)13-14(16-6-5-15-13)18(12)11(10)7-9;1-16-11-8-9-4-2-3-5-10(9)17(11)13-12(16)14-6-7-15-13/h2*4-8,10,14H,9H2,1-3H3;2*3-7,12H,8H2,1-2H3;2-7,11H,8H2,1H3. The number of likely N-dealkylation sites (N-methyl/N-ethyl adjacent to an activating group) is 3. The molecule has 0 N–H and O–H groups in total. The second-order valence-electron chi connectivity index (χ2n) is 26.3. The van der Waals surface area contributed by atoms with Crippen LogP contribution in [0.5, 0.6) is 0 Å². The molecular weight excluding hydrogens is 1160 g/mol. The van der Waals surface area contributed by atoms with Crippen molar-refractivity contribution in [2.75, 3.05) is 70.1 Å². The fourth-order valence-corrected chi connectivity index (χ4v) is 15.6. The van der Waals surface area contributed by atoms with E-state index in [4.69, 9.17) is 0 Å². The highest BCUT2D eigenvalue weighted by atomic mass is 15.5. The maximum Gasteiger partial charge on any atom is 0.178 e. The van der Waals surface area contributed by atoms with Crippen LogP contribution in [0.2, 0.25) is 0 Å². The molecule has 0 amide bonds. The Morgan fingerprint density at radius 1 is 0.280 bits per heavy atom. The first-order valence-corrected chi connectivity index (χ1v) is 32.4. The third-order valence-electron chi connectivity index (χ3n) is 19.8. The second kappa shape index (κ2) is 22.4. The van der Waals surface area contributed by atoms with Crippen LogP contribution in [0.1, 0.15) is 77.8 Å². The first kappa shape index (κ1) is 57.6. The predicted molar refractivity (Wildman–Crippen MR) is 370 cm³/mol. The highest BCUT2D eigenvalue weighted by Crippen LogP contribution is 2.53. The van der Waals surface area contributed by atoms with Crippen LogP contribution in [-0.2, 0) is 32.1 Å². The maximum absolute atomic E-state index is 4.58. The number of rotatable bonds is 2. The number of fused-ring (bicyclic) bond motifs is 25. The van der Waals surface area contributed by atoms with E-state index in [0.717, 1.165) is 90.3 Å². The van der Waals surface area contributed by atoms with Gasteiger partial charge in [-0.1, -0.05) is 66.7 Å². The fraction of sp³-hybridized carbons (Fsp3) is 0.315. The van der Waals surface area contributed by atoms with E-state index in [1.54, 1.807) is 62.0 Å². The fourth-order valence-electron chi connectivity index (χ4n) is 15.6. The number of aromatic nitrogens is 10. The van der Waals surface area contributed by atoms with E-state index in [2.05, 4.69) is 272 Å². The molecule has 5 atom stereocenters. The van der Waals surface area contributed by atoms with Gasteiger partial charge in [-0.2, -0.15) is 0 Å². The molecule has 10 aliphatic heterocycles. The SMILES string of the molecule is CN1c2nccnc2N2c3ccccc3CC12.Cc1ccc2c(c1)N1c3nccnc3N(C(C)C)C1C2.Cc1ccc2c(c1)N1c3nccnc3N(C(C)C)C1C2.Cc1ccc2c(c1)N1c3nccnc3N(C)C1C2.Cc1ccc2c(c1)N1c3nccnc3N(C)C1C2. The average Bonchev–Trinajstić information content (AvgIpc) is 1.63. The van der Waals surface area contributed by atoms with Gasteiger partial charge < -0.3 is 49.0 Å². The highest BCUT2D eigenvalue weighted by Gasteiger charge is 2.48. The second-order valence-corrected chi connectivity index (χ2v) is 26.3. The number of para-hydroxylation sites is 1. The number of nitrogens with zero attached hydrogens (tertiary/aromatic N) is 20. The van der Waals surface area contributed by atoms with Crippen molar-refractivity contribution in [1.82, 2.24) is 49.8 Å². The van der Waals surface area contributed by atoms with Crippen molar-refractivity contribution in [2.24, 2.45) is 0 Å². The van der Waals surface area contributed by atoms with Crippen LogP contribution in [-0.4, -0.2) is 114 Å². The van der Waals surface area contributed by atoms with Crippen LogP contribution in [0.15, 0.2) is 159 Å². The smallest absolute Gasteiger partial charge is 0.178 e.